The number of aryl methyl sites for hydroxylation is 1. The van der Waals surface area contributed by atoms with Crippen LogP contribution in [0.25, 0.3) is 0 Å². The van der Waals surface area contributed by atoms with Gasteiger partial charge in [-0.05, 0) is 49.4 Å². The molecule has 0 bridgehead atoms. The average Bonchev–Trinajstić information content (AvgIpc) is 3.21. The van der Waals surface area contributed by atoms with Gasteiger partial charge in [-0.3, -0.25) is 9.59 Å². The minimum absolute atomic E-state index is 0.0852. The van der Waals surface area contributed by atoms with E-state index in [0.29, 0.717) is 11.6 Å². The zero-order valence-corrected chi connectivity index (χ0v) is 17.9. The largest absolute Gasteiger partial charge is 0.352 e. The third-order valence-electron chi connectivity index (χ3n) is 5.77. The Morgan fingerprint density at radius 1 is 1.07 bits per heavy atom. The highest BCUT2D eigenvalue weighted by molar-refractivity contribution is 6.31. The number of carbonyl (C=O) groups excluding carboxylic acids is 2. The van der Waals surface area contributed by atoms with Crippen LogP contribution in [-0.2, 0) is 22.6 Å². The number of nitrogens with zero attached hydrogens (tertiary/aromatic N) is 1. The van der Waals surface area contributed by atoms with Crippen molar-refractivity contribution in [1.82, 2.24) is 10.2 Å². The molecule has 2 aromatic rings. The van der Waals surface area contributed by atoms with Gasteiger partial charge in [0.25, 0.3) is 0 Å². The first-order valence-corrected chi connectivity index (χ1v) is 10.7. The van der Waals surface area contributed by atoms with Gasteiger partial charge in [0.05, 0.1) is 6.42 Å². The summed E-state index contributed by atoms with van der Waals surface area (Å²) in [6.07, 6.45) is 4.51. The summed E-state index contributed by atoms with van der Waals surface area (Å²) in [5, 5.41) is 3.70. The first kappa shape index (κ1) is 21.4. The second-order valence-electron chi connectivity index (χ2n) is 7.88. The van der Waals surface area contributed by atoms with E-state index >= 15 is 0 Å². The van der Waals surface area contributed by atoms with E-state index in [-0.39, 0.29) is 24.3 Å². The second-order valence-corrected chi connectivity index (χ2v) is 8.29. The molecule has 4 nitrogen and oxygen atoms in total. The maximum absolute atomic E-state index is 13.3. The molecule has 1 saturated carbocycles. The monoisotopic (exact) mass is 412 g/mol. The van der Waals surface area contributed by atoms with E-state index in [1.54, 1.807) is 11.0 Å². The molecule has 3 rings (SSSR count). The Bertz CT molecular complexity index is 861. The lowest BCUT2D eigenvalue weighted by Crippen LogP contribution is -2.50. The Labute approximate surface area is 178 Å². The topological polar surface area (TPSA) is 49.4 Å². The van der Waals surface area contributed by atoms with E-state index in [1.807, 2.05) is 56.3 Å². The van der Waals surface area contributed by atoms with Crippen LogP contribution < -0.4 is 5.32 Å². The molecule has 154 valence electrons. The quantitative estimate of drug-likeness (QED) is 0.718. The van der Waals surface area contributed by atoms with Gasteiger partial charge < -0.3 is 10.2 Å². The summed E-state index contributed by atoms with van der Waals surface area (Å²) in [7, 11) is 0. The second kappa shape index (κ2) is 9.93. The molecule has 0 aliphatic heterocycles. The highest BCUT2D eigenvalue weighted by Gasteiger charge is 2.29. The lowest BCUT2D eigenvalue weighted by atomic mass is 10.1. The molecule has 0 aromatic heterocycles. The Morgan fingerprint density at radius 2 is 1.69 bits per heavy atom. The fourth-order valence-electron chi connectivity index (χ4n) is 3.85. The van der Waals surface area contributed by atoms with Crippen molar-refractivity contribution in [3.63, 3.8) is 0 Å². The molecule has 1 fully saturated rings. The molecule has 5 heteroatoms. The van der Waals surface area contributed by atoms with Crippen LogP contribution in [0.5, 0.6) is 0 Å². The molecule has 0 heterocycles. The molecule has 1 aliphatic carbocycles. The van der Waals surface area contributed by atoms with Gasteiger partial charge in [0, 0.05) is 17.6 Å². The van der Waals surface area contributed by atoms with Crippen LogP contribution in [0.2, 0.25) is 5.02 Å². The highest BCUT2D eigenvalue weighted by atomic mass is 35.5. The predicted octanol–water partition coefficient (Wildman–Crippen LogP) is 4.67. The minimum atomic E-state index is -0.551. The maximum atomic E-state index is 13.3. The lowest BCUT2D eigenvalue weighted by molar-refractivity contribution is -0.140. The molecule has 2 aromatic carbocycles. The predicted molar refractivity (Wildman–Crippen MR) is 117 cm³/mol. The minimum Gasteiger partial charge on any atom is -0.352 e. The number of amides is 2. The molecular formula is C24H29ClN2O2. The van der Waals surface area contributed by atoms with Crippen molar-refractivity contribution >= 4 is 23.4 Å². The van der Waals surface area contributed by atoms with Gasteiger partial charge in [-0.1, -0.05) is 66.9 Å². The smallest absolute Gasteiger partial charge is 0.242 e. The van der Waals surface area contributed by atoms with Gasteiger partial charge in [0.2, 0.25) is 11.8 Å². The maximum Gasteiger partial charge on any atom is 0.242 e. The first-order chi connectivity index (χ1) is 14.0. The van der Waals surface area contributed by atoms with E-state index in [2.05, 4.69) is 5.32 Å². The van der Waals surface area contributed by atoms with E-state index in [9.17, 15) is 9.59 Å². The van der Waals surface area contributed by atoms with Crippen LogP contribution in [0, 0.1) is 6.92 Å². The van der Waals surface area contributed by atoms with E-state index < -0.39 is 6.04 Å². The van der Waals surface area contributed by atoms with Crippen molar-refractivity contribution in [3.8, 4) is 0 Å². The lowest BCUT2D eigenvalue weighted by Gasteiger charge is -2.30. The zero-order chi connectivity index (χ0) is 20.8. The third-order valence-corrected chi connectivity index (χ3v) is 6.14. The number of halogens is 1. The summed E-state index contributed by atoms with van der Waals surface area (Å²) in [5.41, 5.74) is 2.92. The van der Waals surface area contributed by atoms with Crippen molar-refractivity contribution in [1.29, 1.82) is 0 Å². The Balaban J connectivity index is 1.80. The van der Waals surface area contributed by atoms with Gasteiger partial charge in [0.1, 0.15) is 6.04 Å². The fraction of sp³-hybridized carbons (Fsp3) is 0.417. The summed E-state index contributed by atoms with van der Waals surface area (Å²) in [4.78, 5) is 27.8. The van der Waals surface area contributed by atoms with Crippen LogP contribution in [-0.4, -0.2) is 28.8 Å². The van der Waals surface area contributed by atoms with Crippen molar-refractivity contribution in [3.05, 3.63) is 70.2 Å². The van der Waals surface area contributed by atoms with Crippen LogP contribution >= 0.6 is 11.6 Å². The molecule has 29 heavy (non-hydrogen) atoms. The molecule has 2 amide bonds. The highest BCUT2D eigenvalue weighted by Crippen LogP contribution is 2.21. The number of hydrogen-bond donors (Lipinski definition) is 1. The van der Waals surface area contributed by atoms with E-state index in [0.717, 1.165) is 42.4 Å². The number of rotatable bonds is 7. The Hall–Kier alpha value is -2.33. The normalized spacial score (nSPS) is 15.1. The van der Waals surface area contributed by atoms with Gasteiger partial charge >= 0.3 is 0 Å². The van der Waals surface area contributed by atoms with Crippen molar-refractivity contribution in [2.75, 3.05) is 0 Å². The van der Waals surface area contributed by atoms with Crippen LogP contribution in [0.15, 0.2) is 48.5 Å². The molecule has 0 radical (unpaired) electrons. The SMILES string of the molecule is Cc1ccccc1CN(C(=O)Cc1ccccc1Cl)C(C)C(=O)NC1CCCC1. The summed E-state index contributed by atoms with van der Waals surface area (Å²) in [6, 6.07) is 15.0. The first-order valence-electron chi connectivity index (χ1n) is 10.3. The molecule has 1 unspecified atom stereocenters. The molecule has 1 N–H and O–H groups in total. The summed E-state index contributed by atoms with van der Waals surface area (Å²) in [6.45, 7) is 4.23. The van der Waals surface area contributed by atoms with Gasteiger partial charge in [-0.15, -0.1) is 0 Å². The van der Waals surface area contributed by atoms with Gasteiger partial charge in [-0.2, -0.15) is 0 Å². The average molecular weight is 413 g/mol. The standard InChI is InChI=1S/C24H29ClN2O2/c1-17-9-3-4-11-20(17)16-27(18(2)24(29)26-21-12-6-7-13-21)23(28)15-19-10-5-8-14-22(19)25/h3-5,8-11,14,18,21H,6-7,12-13,15-16H2,1-2H3,(H,26,29). The number of benzene rings is 2. The van der Waals surface area contributed by atoms with E-state index in [1.165, 1.54) is 0 Å². The van der Waals surface area contributed by atoms with Crippen molar-refractivity contribution in [2.24, 2.45) is 0 Å². The van der Waals surface area contributed by atoms with Crippen molar-refractivity contribution in [2.45, 2.75) is 64.6 Å². The molecule has 0 spiro atoms. The Kier molecular flexibility index (Phi) is 7.32. The van der Waals surface area contributed by atoms with E-state index in [4.69, 9.17) is 11.6 Å². The number of hydrogen-bond acceptors (Lipinski definition) is 2. The summed E-state index contributed by atoms with van der Waals surface area (Å²) in [5.74, 6) is -0.187. The molecule has 0 saturated heterocycles. The number of nitrogens with one attached hydrogen (secondary N) is 1. The summed E-state index contributed by atoms with van der Waals surface area (Å²) < 4.78 is 0. The van der Waals surface area contributed by atoms with Gasteiger partial charge in [0.15, 0.2) is 0 Å². The molecule has 1 aliphatic rings. The van der Waals surface area contributed by atoms with Gasteiger partial charge in [-0.25, -0.2) is 0 Å². The van der Waals surface area contributed by atoms with Crippen LogP contribution in [0.4, 0.5) is 0 Å². The molecule has 1 atom stereocenters. The Morgan fingerprint density at radius 3 is 2.34 bits per heavy atom. The van der Waals surface area contributed by atoms with Crippen LogP contribution in [0.3, 0.4) is 0 Å². The number of carbonyl (C=O) groups is 2. The summed E-state index contributed by atoms with van der Waals surface area (Å²) >= 11 is 6.26. The third kappa shape index (κ3) is 5.60. The fourth-order valence-corrected chi connectivity index (χ4v) is 4.05. The molecular weight excluding hydrogens is 384 g/mol. The van der Waals surface area contributed by atoms with Crippen molar-refractivity contribution < 1.29 is 9.59 Å². The zero-order valence-electron chi connectivity index (χ0n) is 17.2. The van der Waals surface area contributed by atoms with Crippen LogP contribution in [0.1, 0.15) is 49.3 Å².